The largest absolute Gasteiger partial charge is 0.291 e. The van der Waals surface area contributed by atoms with Crippen molar-refractivity contribution in [2.75, 3.05) is 17.3 Å². The summed E-state index contributed by atoms with van der Waals surface area (Å²) in [6.45, 7) is 1.89. The summed E-state index contributed by atoms with van der Waals surface area (Å²) in [5.74, 6) is -0.589. The Morgan fingerprint density at radius 1 is 1.25 bits per heavy atom. The standard InChI is InChI=1S/C18H17N5O3S2/c1-10-9-28-18-20-17(21-23(10)18)19-14(24)13(7-8-27-2)22-15(25)11-5-3-4-6-12(11)16(22)26/h3-6,9,13H,7-8H2,1-2H3,(H,19,21,24). The van der Waals surface area contributed by atoms with E-state index in [9.17, 15) is 14.4 Å². The van der Waals surface area contributed by atoms with E-state index in [0.717, 1.165) is 10.6 Å². The Morgan fingerprint density at radius 2 is 1.93 bits per heavy atom. The molecular formula is C18H17N5O3S2. The minimum absolute atomic E-state index is 0.158. The summed E-state index contributed by atoms with van der Waals surface area (Å²) in [5, 5.41) is 8.85. The fourth-order valence-corrected chi connectivity index (χ4v) is 4.39. The number of thioether (sulfide) groups is 1. The molecule has 3 heterocycles. The molecule has 0 fully saturated rings. The second-order valence-corrected chi connectivity index (χ2v) is 8.14. The summed E-state index contributed by atoms with van der Waals surface area (Å²) < 4.78 is 1.64. The van der Waals surface area contributed by atoms with Gasteiger partial charge in [-0.3, -0.25) is 24.6 Å². The summed E-state index contributed by atoms with van der Waals surface area (Å²) in [6, 6.07) is 5.69. The van der Waals surface area contributed by atoms with E-state index in [1.54, 1.807) is 40.5 Å². The van der Waals surface area contributed by atoms with Crippen molar-refractivity contribution in [2.24, 2.45) is 0 Å². The van der Waals surface area contributed by atoms with E-state index in [1.165, 1.54) is 11.3 Å². The summed E-state index contributed by atoms with van der Waals surface area (Å²) in [7, 11) is 0. The summed E-state index contributed by atoms with van der Waals surface area (Å²) in [4.78, 5) is 44.6. The lowest BCUT2D eigenvalue weighted by Gasteiger charge is -2.24. The summed E-state index contributed by atoms with van der Waals surface area (Å²) >= 11 is 2.96. The van der Waals surface area contributed by atoms with Crippen molar-refractivity contribution in [1.29, 1.82) is 0 Å². The molecule has 10 heteroatoms. The molecule has 1 N–H and O–H groups in total. The molecule has 144 valence electrons. The van der Waals surface area contributed by atoms with E-state index in [4.69, 9.17) is 0 Å². The van der Waals surface area contributed by atoms with Crippen LogP contribution in [0.15, 0.2) is 29.6 Å². The zero-order valence-corrected chi connectivity index (χ0v) is 16.8. The van der Waals surface area contributed by atoms with E-state index >= 15 is 0 Å². The molecule has 4 rings (SSSR count). The number of rotatable bonds is 6. The van der Waals surface area contributed by atoms with Gasteiger partial charge in [-0.15, -0.1) is 16.4 Å². The van der Waals surface area contributed by atoms with Crippen LogP contribution in [0.5, 0.6) is 0 Å². The molecular weight excluding hydrogens is 398 g/mol. The Balaban J connectivity index is 1.61. The SMILES string of the molecule is CSCCC(C(=O)Nc1nc2scc(C)n2n1)N1C(=O)c2ccccc2C1=O. The fourth-order valence-electron chi connectivity index (χ4n) is 3.14. The summed E-state index contributed by atoms with van der Waals surface area (Å²) in [6.07, 6.45) is 2.25. The highest BCUT2D eigenvalue weighted by Crippen LogP contribution is 2.26. The molecule has 0 saturated heterocycles. The van der Waals surface area contributed by atoms with Crippen molar-refractivity contribution >= 4 is 51.7 Å². The first-order valence-corrected chi connectivity index (χ1v) is 10.9. The number of imide groups is 1. The van der Waals surface area contributed by atoms with Crippen molar-refractivity contribution < 1.29 is 14.4 Å². The van der Waals surface area contributed by atoms with Crippen LogP contribution in [0.1, 0.15) is 32.8 Å². The predicted octanol–water partition coefficient (Wildman–Crippen LogP) is 2.46. The lowest BCUT2D eigenvalue weighted by Crippen LogP contribution is -2.47. The Morgan fingerprint density at radius 3 is 2.54 bits per heavy atom. The Bertz CT molecular complexity index is 1060. The van der Waals surface area contributed by atoms with Gasteiger partial charge in [0.15, 0.2) is 0 Å². The van der Waals surface area contributed by atoms with Crippen molar-refractivity contribution in [1.82, 2.24) is 19.5 Å². The molecule has 1 aromatic carbocycles. The van der Waals surface area contributed by atoms with Crippen molar-refractivity contribution in [3.63, 3.8) is 0 Å². The van der Waals surface area contributed by atoms with Gasteiger partial charge in [0.25, 0.3) is 17.8 Å². The van der Waals surface area contributed by atoms with Crippen LogP contribution < -0.4 is 5.32 Å². The molecule has 1 atom stereocenters. The second-order valence-electron chi connectivity index (χ2n) is 6.32. The number of nitrogens with zero attached hydrogens (tertiary/aromatic N) is 4. The number of hydrogen-bond donors (Lipinski definition) is 1. The van der Waals surface area contributed by atoms with Crippen LogP contribution in [0.3, 0.4) is 0 Å². The van der Waals surface area contributed by atoms with Crippen molar-refractivity contribution in [3.05, 3.63) is 46.5 Å². The van der Waals surface area contributed by atoms with Gasteiger partial charge in [0.1, 0.15) is 6.04 Å². The van der Waals surface area contributed by atoms with Gasteiger partial charge >= 0.3 is 0 Å². The molecule has 1 aliphatic rings. The van der Waals surface area contributed by atoms with E-state index in [2.05, 4.69) is 15.4 Å². The van der Waals surface area contributed by atoms with Gasteiger partial charge in [0.2, 0.25) is 10.9 Å². The molecule has 0 bridgehead atoms. The highest BCUT2D eigenvalue weighted by atomic mass is 32.2. The fraction of sp³-hybridized carbons (Fsp3) is 0.278. The minimum Gasteiger partial charge on any atom is -0.291 e. The van der Waals surface area contributed by atoms with Crippen molar-refractivity contribution in [2.45, 2.75) is 19.4 Å². The quantitative estimate of drug-likeness (QED) is 0.621. The van der Waals surface area contributed by atoms with Crippen LogP contribution in [0.2, 0.25) is 0 Å². The monoisotopic (exact) mass is 415 g/mol. The number of anilines is 1. The van der Waals surface area contributed by atoms with E-state index < -0.39 is 23.8 Å². The average molecular weight is 416 g/mol. The zero-order valence-electron chi connectivity index (χ0n) is 15.2. The third-order valence-corrected chi connectivity index (χ3v) is 6.09. The van der Waals surface area contributed by atoms with Crippen LogP contribution in [0.4, 0.5) is 5.95 Å². The van der Waals surface area contributed by atoms with Gasteiger partial charge in [0.05, 0.1) is 16.8 Å². The Hall–Kier alpha value is -2.72. The molecule has 0 saturated carbocycles. The van der Waals surface area contributed by atoms with Crippen LogP contribution >= 0.6 is 23.1 Å². The number of hydrogen-bond acceptors (Lipinski definition) is 7. The summed E-state index contributed by atoms with van der Waals surface area (Å²) in [5.41, 5.74) is 1.56. The normalized spacial score (nSPS) is 14.6. The van der Waals surface area contributed by atoms with Crippen LogP contribution in [0.25, 0.3) is 4.96 Å². The molecule has 3 amide bonds. The Kier molecular flexibility index (Phi) is 4.90. The highest BCUT2D eigenvalue weighted by molar-refractivity contribution is 7.98. The molecule has 0 spiro atoms. The molecule has 0 aliphatic carbocycles. The molecule has 1 unspecified atom stereocenters. The van der Waals surface area contributed by atoms with Crippen molar-refractivity contribution in [3.8, 4) is 0 Å². The third-order valence-electron chi connectivity index (χ3n) is 4.52. The maximum absolute atomic E-state index is 13.0. The van der Waals surface area contributed by atoms with E-state index in [1.807, 2.05) is 18.6 Å². The minimum atomic E-state index is -0.928. The third kappa shape index (κ3) is 3.08. The maximum Gasteiger partial charge on any atom is 0.262 e. The smallest absolute Gasteiger partial charge is 0.262 e. The van der Waals surface area contributed by atoms with Gasteiger partial charge in [-0.25, -0.2) is 4.52 Å². The molecule has 1 aliphatic heterocycles. The second kappa shape index (κ2) is 7.36. The zero-order chi connectivity index (χ0) is 19.8. The number of aryl methyl sites for hydroxylation is 1. The number of carbonyl (C=O) groups excluding carboxylic acids is 3. The first-order valence-electron chi connectivity index (χ1n) is 8.59. The maximum atomic E-state index is 13.0. The predicted molar refractivity (Wildman–Crippen MR) is 108 cm³/mol. The highest BCUT2D eigenvalue weighted by Gasteiger charge is 2.42. The number of fused-ring (bicyclic) bond motifs is 2. The molecule has 2 aromatic heterocycles. The molecule has 3 aromatic rings. The topological polar surface area (TPSA) is 96.7 Å². The lowest BCUT2D eigenvalue weighted by molar-refractivity contribution is -0.120. The Labute approximate surface area is 168 Å². The van der Waals surface area contributed by atoms with Crippen LogP contribution in [-0.2, 0) is 4.79 Å². The number of nitrogens with one attached hydrogen (secondary N) is 1. The van der Waals surface area contributed by atoms with Gasteiger partial charge in [0, 0.05) is 5.38 Å². The number of benzene rings is 1. The number of aromatic nitrogens is 3. The number of thiazole rings is 1. The van der Waals surface area contributed by atoms with Gasteiger partial charge < -0.3 is 0 Å². The first kappa shape index (κ1) is 18.6. The molecule has 28 heavy (non-hydrogen) atoms. The van der Waals surface area contributed by atoms with E-state index in [-0.39, 0.29) is 5.95 Å². The van der Waals surface area contributed by atoms with Crippen LogP contribution in [0, 0.1) is 6.92 Å². The molecule has 8 nitrogen and oxygen atoms in total. The van der Waals surface area contributed by atoms with Gasteiger partial charge in [-0.2, -0.15) is 16.7 Å². The van der Waals surface area contributed by atoms with Gasteiger partial charge in [-0.05, 0) is 37.5 Å². The van der Waals surface area contributed by atoms with E-state index in [0.29, 0.717) is 28.3 Å². The first-order chi connectivity index (χ1) is 13.5. The average Bonchev–Trinajstić information content (AvgIpc) is 3.32. The van der Waals surface area contributed by atoms with Gasteiger partial charge in [-0.1, -0.05) is 12.1 Å². The lowest BCUT2D eigenvalue weighted by atomic mass is 10.1. The number of carbonyl (C=O) groups is 3. The molecule has 0 radical (unpaired) electrons. The van der Waals surface area contributed by atoms with Crippen LogP contribution in [-0.4, -0.2) is 55.3 Å². The number of amides is 3.